The third-order valence-electron chi connectivity index (χ3n) is 13.6. The lowest BCUT2D eigenvalue weighted by atomic mass is 10.0. The van der Waals surface area contributed by atoms with Gasteiger partial charge >= 0.3 is 7.75 Å². The molecular weight excluding hydrogens is 754 g/mol. The van der Waals surface area contributed by atoms with Gasteiger partial charge in [0.25, 0.3) is 0 Å². The Bertz CT molecular complexity index is 770. The van der Waals surface area contributed by atoms with Gasteiger partial charge in [0, 0.05) is 20.2 Å². The van der Waals surface area contributed by atoms with Gasteiger partial charge < -0.3 is 9.42 Å². The highest BCUT2D eigenvalue weighted by Gasteiger charge is 2.27. The van der Waals surface area contributed by atoms with Crippen molar-refractivity contribution < 1.29 is 14.0 Å². The summed E-state index contributed by atoms with van der Waals surface area (Å²) in [6.45, 7) is 5.97. The van der Waals surface area contributed by atoms with Gasteiger partial charge in [-0.25, -0.2) is 9.24 Å². The molecular formula is C55H114NO3P. The summed E-state index contributed by atoms with van der Waals surface area (Å²) in [4.78, 5) is 10.4. The van der Waals surface area contributed by atoms with Crippen LogP contribution in [0.25, 0.3) is 0 Å². The molecule has 0 aliphatic carbocycles. The van der Waals surface area contributed by atoms with Gasteiger partial charge in [0.1, 0.15) is 0 Å². The first kappa shape index (κ1) is 60.1. The molecule has 0 aliphatic rings. The third kappa shape index (κ3) is 47.6. The lowest BCUT2D eigenvalue weighted by molar-refractivity contribution is 0.230. The summed E-state index contributed by atoms with van der Waals surface area (Å²) in [5.74, 6) is 0. The molecule has 0 fully saturated rings. The van der Waals surface area contributed by atoms with Crippen LogP contribution in [-0.4, -0.2) is 29.8 Å². The van der Waals surface area contributed by atoms with Crippen molar-refractivity contribution in [2.45, 2.75) is 335 Å². The molecule has 5 heteroatoms. The predicted molar refractivity (Wildman–Crippen MR) is 271 cm³/mol. The molecule has 0 amide bonds. The summed E-state index contributed by atoms with van der Waals surface area (Å²) < 4.78 is 19.5. The molecule has 0 spiro atoms. The molecule has 1 N–H and O–H groups in total. The maximum Gasteiger partial charge on any atom is 0.405 e. The van der Waals surface area contributed by atoms with E-state index in [4.69, 9.17) is 4.52 Å². The van der Waals surface area contributed by atoms with E-state index in [1.165, 1.54) is 302 Å². The van der Waals surface area contributed by atoms with E-state index in [1.807, 2.05) is 0 Å². The predicted octanol–water partition coefficient (Wildman–Crippen LogP) is 20.6. The molecule has 0 saturated carbocycles. The number of rotatable bonds is 54. The second kappa shape index (κ2) is 51.7. The average Bonchev–Trinajstić information content (AvgIpc) is 3.25. The zero-order chi connectivity index (χ0) is 43.6. The molecule has 0 saturated heterocycles. The summed E-state index contributed by atoms with van der Waals surface area (Å²) in [6, 6.07) is 0. The van der Waals surface area contributed by atoms with Gasteiger partial charge in [-0.3, -0.25) is 0 Å². The Labute approximate surface area is 380 Å². The molecule has 0 bridgehead atoms. The first-order valence-electron chi connectivity index (χ1n) is 28.2. The molecule has 362 valence electrons. The normalized spacial score (nSPS) is 12.9. The maximum absolute atomic E-state index is 12.7. The molecule has 60 heavy (non-hydrogen) atoms. The van der Waals surface area contributed by atoms with E-state index in [0.717, 1.165) is 25.7 Å². The lowest BCUT2D eigenvalue weighted by Gasteiger charge is -2.25. The molecule has 0 heterocycles. The topological polar surface area (TPSA) is 49.8 Å². The van der Waals surface area contributed by atoms with Gasteiger partial charge in [0.05, 0.1) is 0 Å². The molecule has 0 aliphatic heterocycles. The van der Waals surface area contributed by atoms with Crippen LogP contribution in [0.5, 0.6) is 0 Å². The molecule has 1 unspecified atom stereocenters. The lowest BCUT2D eigenvalue weighted by Crippen LogP contribution is -2.23. The van der Waals surface area contributed by atoms with E-state index in [-0.39, 0.29) is 0 Å². The minimum absolute atomic E-state index is 0.681. The molecule has 1 atom stereocenters. The smallest absolute Gasteiger partial charge is 0.312 e. The van der Waals surface area contributed by atoms with E-state index in [1.54, 1.807) is 4.67 Å². The van der Waals surface area contributed by atoms with Gasteiger partial charge in [-0.15, -0.1) is 0 Å². The van der Waals surface area contributed by atoms with Gasteiger partial charge in [-0.2, -0.15) is 0 Å². The van der Waals surface area contributed by atoms with E-state index >= 15 is 0 Å². The SMILES string of the molecule is CCCCCCCCCCCCCCCCCCCCCCCCCCCN(CCCCCCCCCCCCCCCCCCCCCCCCCCC)P(=O)(O)OC. The summed E-state index contributed by atoms with van der Waals surface area (Å²) in [5.41, 5.74) is 0. The molecule has 0 aromatic carbocycles. The van der Waals surface area contributed by atoms with Crippen LogP contribution in [0.2, 0.25) is 0 Å². The van der Waals surface area contributed by atoms with Crippen molar-refractivity contribution in [1.29, 1.82) is 0 Å². The minimum atomic E-state index is -3.65. The average molecular weight is 868 g/mol. The van der Waals surface area contributed by atoms with E-state index in [0.29, 0.717) is 13.1 Å². The minimum Gasteiger partial charge on any atom is -0.312 e. The second-order valence-corrected chi connectivity index (χ2v) is 21.5. The maximum atomic E-state index is 12.7. The standard InChI is InChI=1S/C55H114NO3P/c1-4-6-8-10-12-14-16-18-20-22-24-26-28-30-32-34-36-38-40-42-44-46-48-50-52-54-56(60(57,58)59-3)55-53-51-49-47-45-43-41-39-37-35-33-31-29-27-25-23-21-19-17-15-13-11-9-7-5-2/h4-55H2,1-3H3,(H,57,58). The van der Waals surface area contributed by atoms with Crippen molar-refractivity contribution in [3.8, 4) is 0 Å². The van der Waals surface area contributed by atoms with Crippen LogP contribution >= 0.6 is 7.75 Å². The highest BCUT2D eigenvalue weighted by Crippen LogP contribution is 2.45. The fourth-order valence-electron chi connectivity index (χ4n) is 9.35. The third-order valence-corrected chi connectivity index (χ3v) is 15.2. The van der Waals surface area contributed by atoms with Gasteiger partial charge in [-0.05, 0) is 12.8 Å². The Hall–Kier alpha value is 0.110. The fourth-order valence-corrected chi connectivity index (χ4v) is 10.4. The van der Waals surface area contributed by atoms with E-state index in [9.17, 15) is 9.46 Å². The van der Waals surface area contributed by atoms with Crippen molar-refractivity contribution >= 4 is 7.75 Å². The molecule has 0 aromatic heterocycles. The molecule has 4 nitrogen and oxygen atoms in total. The molecule has 0 aromatic rings. The first-order chi connectivity index (χ1) is 29.6. The van der Waals surface area contributed by atoms with Crippen LogP contribution in [0, 0.1) is 0 Å². The second-order valence-electron chi connectivity index (χ2n) is 19.6. The van der Waals surface area contributed by atoms with E-state index < -0.39 is 7.75 Å². The summed E-state index contributed by atoms with van der Waals surface area (Å²) in [6.07, 6.45) is 69.7. The number of nitrogens with zero attached hydrogens (tertiary/aromatic N) is 1. The Kier molecular flexibility index (Phi) is 51.8. The highest BCUT2D eigenvalue weighted by molar-refractivity contribution is 7.50. The highest BCUT2D eigenvalue weighted by atomic mass is 31.2. The van der Waals surface area contributed by atoms with Gasteiger partial charge in [-0.1, -0.05) is 322 Å². The fraction of sp³-hybridized carbons (Fsp3) is 1.00. The van der Waals surface area contributed by atoms with Gasteiger partial charge in [0.2, 0.25) is 0 Å². The molecule has 0 radical (unpaired) electrons. The van der Waals surface area contributed by atoms with Crippen LogP contribution < -0.4 is 0 Å². The summed E-state index contributed by atoms with van der Waals surface area (Å²) in [5, 5.41) is 0. The van der Waals surface area contributed by atoms with Crippen LogP contribution in [-0.2, 0) is 9.09 Å². The summed E-state index contributed by atoms with van der Waals surface area (Å²) >= 11 is 0. The van der Waals surface area contributed by atoms with Crippen molar-refractivity contribution in [2.24, 2.45) is 0 Å². The zero-order valence-corrected chi connectivity index (χ0v) is 42.8. The number of unbranched alkanes of at least 4 members (excludes halogenated alkanes) is 48. The number of hydrogen-bond donors (Lipinski definition) is 1. The Morgan fingerprint density at radius 1 is 0.283 bits per heavy atom. The van der Waals surface area contributed by atoms with Crippen LogP contribution in [0.15, 0.2) is 0 Å². The van der Waals surface area contributed by atoms with Gasteiger partial charge in [0.15, 0.2) is 0 Å². The molecule has 0 rings (SSSR count). The summed E-state index contributed by atoms with van der Waals surface area (Å²) in [7, 11) is -2.27. The van der Waals surface area contributed by atoms with Crippen molar-refractivity contribution in [2.75, 3.05) is 20.2 Å². The quantitative estimate of drug-likeness (QED) is 0.0489. The first-order valence-corrected chi connectivity index (χ1v) is 29.8. The van der Waals surface area contributed by atoms with Crippen molar-refractivity contribution in [1.82, 2.24) is 4.67 Å². The Morgan fingerprint density at radius 2 is 0.417 bits per heavy atom. The van der Waals surface area contributed by atoms with Crippen molar-refractivity contribution in [3.05, 3.63) is 0 Å². The zero-order valence-electron chi connectivity index (χ0n) is 41.9. The van der Waals surface area contributed by atoms with Crippen LogP contribution in [0.4, 0.5) is 0 Å². The Morgan fingerprint density at radius 3 is 0.550 bits per heavy atom. The monoisotopic (exact) mass is 868 g/mol. The van der Waals surface area contributed by atoms with Crippen LogP contribution in [0.1, 0.15) is 335 Å². The largest absolute Gasteiger partial charge is 0.405 e. The number of hydrogen-bond acceptors (Lipinski definition) is 2. The van der Waals surface area contributed by atoms with Crippen molar-refractivity contribution in [3.63, 3.8) is 0 Å². The Balaban J connectivity index is 3.47. The van der Waals surface area contributed by atoms with Crippen LogP contribution in [0.3, 0.4) is 0 Å². The van der Waals surface area contributed by atoms with E-state index in [2.05, 4.69) is 13.8 Å².